The average Bonchev–Trinajstić information content (AvgIpc) is 2.93. The molecule has 1 atom stereocenters. The van der Waals surface area contributed by atoms with Crippen LogP contribution in [0.5, 0.6) is 0 Å². The number of amides is 2. The van der Waals surface area contributed by atoms with E-state index in [-0.39, 0.29) is 17.3 Å². The first-order valence-corrected chi connectivity index (χ1v) is 15.2. The Balaban J connectivity index is 2.04. The molecule has 0 saturated heterocycles. The Kier molecular flexibility index (Phi) is 10.8. The zero-order valence-corrected chi connectivity index (χ0v) is 25.3. The van der Waals surface area contributed by atoms with Crippen LogP contribution in [0, 0.1) is 20.8 Å². The molecule has 3 aromatic rings. The van der Waals surface area contributed by atoms with E-state index in [1.165, 1.54) is 4.90 Å². The third kappa shape index (κ3) is 7.64. The fourth-order valence-corrected chi connectivity index (χ4v) is 5.86. The highest BCUT2D eigenvalue weighted by molar-refractivity contribution is 7.92. The molecule has 3 rings (SSSR count). The summed E-state index contributed by atoms with van der Waals surface area (Å²) in [5, 5.41) is 3.44. The van der Waals surface area contributed by atoms with Crippen LogP contribution in [0.2, 0.25) is 5.02 Å². The van der Waals surface area contributed by atoms with E-state index in [0.717, 1.165) is 39.4 Å². The Morgan fingerprint density at radius 3 is 2.23 bits per heavy atom. The Morgan fingerprint density at radius 2 is 1.60 bits per heavy atom. The summed E-state index contributed by atoms with van der Waals surface area (Å²) in [6.07, 6.45) is 1.74. The number of nitrogens with one attached hydrogen (secondary N) is 1. The summed E-state index contributed by atoms with van der Waals surface area (Å²) < 4.78 is 29.2. The second-order valence-corrected chi connectivity index (χ2v) is 12.3. The fourth-order valence-electron chi connectivity index (χ4n) is 4.26. The zero-order chi connectivity index (χ0) is 29.4. The minimum absolute atomic E-state index is 0.0846. The highest BCUT2D eigenvalue weighted by Crippen LogP contribution is 2.29. The molecule has 0 aliphatic rings. The van der Waals surface area contributed by atoms with E-state index in [1.54, 1.807) is 67.6 Å². The molecule has 0 spiro atoms. The average molecular weight is 584 g/mol. The normalized spacial score (nSPS) is 12.1. The lowest BCUT2D eigenvalue weighted by Gasteiger charge is -2.32. The van der Waals surface area contributed by atoms with Crippen molar-refractivity contribution >= 4 is 39.1 Å². The number of unbranched alkanes of at least 4 members (excludes halogenated alkanes) is 1. The first-order chi connectivity index (χ1) is 18.9. The maximum absolute atomic E-state index is 14.0. The largest absolute Gasteiger partial charge is 0.354 e. The molecule has 0 saturated carbocycles. The summed E-state index contributed by atoms with van der Waals surface area (Å²) in [7, 11) is -4.11. The second-order valence-electron chi connectivity index (χ2n) is 10.0. The molecule has 0 fully saturated rings. The van der Waals surface area contributed by atoms with E-state index in [0.29, 0.717) is 17.3 Å². The number of carbonyl (C=O) groups excluding carboxylic acids is 2. The number of halogens is 1. The first-order valence-electron chi connectivity index (χ1n) is 13.4. The van der Waals surface area contributed by atoms with Crippen molar-refractivity contribution in [2.24, 2.45) is 0 Å². The van der Waals surface area contributed by atoms with Gasteiger partial charge in [0.2, 0.25) is 11.8 Å². The summed E-state index contributed by atoms with van der Waals surface area (Å²) in [5.41, 5.74) is 3.76. The van der Waals surface area contributed by atoms with Gasteiger partial charge in [0.1, 0.15) is 12.6 Å². The van der Waals surface area contributed by atoms with Crippen molar-refractivity contribution in [3.05, 3.63) is 94.0 Å². The van der Waals surface area contributed by atoms with Crippen molar-refractivity contribution in [2.75, 3.05) is 17.4 Å². The predicted octanol–water partition coefficient (Wildman–Crippen LogP) is 5.79. The molecule has 0 radical (unpaired) electrons. The van der Waals surface area contributed by atoms with E-state index in [1.807, 2.05) is 33.8 Å². The summed E-state index contributed by atoms with van der Waals surface area (Å²) in [6.45, 7) is 9.44. The van der Waals surface area contributed by atoms with Gasteiger partial charge in [-0.3, -0.25) is 13.9 Å². The van der Waals surface area contributed by atoms with Crippen molar-refractivity contribution in [1.82, 2.24) is 10.2 Å². The second kappa shape index (κ2) is 13.8. The van der Waals surface area contributed by atoms with E-state index in [2.05, 4.69) is 5.32 Å². The molecule has 2 amide bonds. The van der Waals surface area contributed by atoms with Crippen molar-refractivity contribution in [3.63, 3.8) is 0 Å². The lowest BCUT2D eigenvalue weighted by molar-refractivity contribution is -0.139. The first kappa shape index (κ1) is 31.2. The standard InChI is InChI=1S/C31H38ClN3O4S/c1-6-7-19-33-31(37)25(5)34(20-26-13-15-27(32)16-14-26)30(36)21-35(29-10-8-9-23(3)24(29)4)40(38,39)28-17-11-22(2)12-18-28/h8-18,25H,6-7,19-21H2,1-5H3,(H,33,37). The van der Waals surface area contributed by atoms with Crippen molar-refractivity contribution in [2.45, 2.75) is 64.9 Å². The Bertz CT molecular complexity index is 1420. The number of hydrogen-bond acceptors (Lipinski definition) is 4. The van der Waals surface area contributed by atoms with Gasteiger partial charge in [0, 0.05) is 18.1 Å². The number of carbonyl (C=O) groups is 2. The molecule has 9 heteroatoms. The molecule has 0 aromatic heterocycles. The number of benzene rings is 3. The quantitative estimate of drug-likeness (QED) is 0.273. The number of aryl methyl sites for hydroxylation is 2. The van der Waals surface area contributed by atoms with E-state index in [4.69, 9.17) is 11.6 Å². The van der Waals surface area contributed by atoms with Crippen LogP contribution in [0.25, 0.3) is 0 Å². The van der Waals surface area contributed by atoms with Crippen LogP contribution in [-0.4, -0.2) is 44.3 Å². The molecule has 1 N–H and O–H groups in total. The topological polar surface area (TPSA) is 86.8 Å². The Labute approximate surface area is 243 Å². The van der Waals surface area contributed by atoms with Gasteiger partial charge in [-0.05, 0) is 81.1 Å². The molecule has 0 heterocycles. The van der Waals surface area contributed by atoms with Gasteiger partial charge in [0.05, 0.1) is 10.6 Å². The van der Waals surface area contributed by atoms with Gasteiger partial charge in [-0.25, -0.2) is 8.42 Å². The van der Waals surface area contributed by atoms with Crippen LogP contribution in [0.3, 0.4) is 0 Å². The Hall–Kier alpha value is -3.36. The van der Waals surface area contributed by atoms with E-state index < -0.39 is 28.5 Å². The SMILES string of the molecule is CCCCNC(=O)C(C)N(Cc1ccc(Cl)cc1)C(=O)CN(c1cccc(C)c1C)S(=O)(=O)c1ccc(C)cc1. The maximum Gasteiger partial charge on any atom is 0.264 e. The highest BCUT2D eigenvalue weighted by Gasteiger charge is 2.33. The van der Waals surface area contributed by atoms with Crippen LogP contribution in [0.1, 0.15) is 48.9 Å². The molecule has 40 heavy (non-hydrogen) atoms. The minimum Gasteiger partial charge on any atom is -0.354 e. The molecule has 0 aliphatic heterocycles. The third-order valence-corrected chi connectivity index (χ3v) is 9.02. The van der Waals surface area contributed by atoms with Crippen LogP contribution >= 0.6 is 11.6 Å². The van der Waals surface area contributed by atoms with Gasteiger partial charge in [0.25, 0.3) is 10.0 Å². The summed E-state index contributed by atoms with van der Waals surface area (Å²) >= 11 is 6.06. The molecule has 7 nitrogen and oxygen atoms in total. The van der Waals surface area contributed by atoms with Crippen LogP contribution in [0.4, 0.5) is 5.69 Å². The van der Waals surface area contributed by atoms with Crippen molar-refractivity contribution in [1.29, 1.82) is 0 Å². The zero-order valence-electron chi connectivity index (χ0n) is 23.8. The Morgan fingerprint density at radius 1 is 0.950 bits per heavy atom. The lowest BCUT2D eigenvalue weighted by atomic mass is 10.1. The molecule has 0 bridgehead atoms. The summed E-state index contributed by atoms with van der Waals surface area (Å²) in [5.74, 6) is -0.792. The van der Waals surface area contributed by atoms with Gasteiger partial charge in [-0.2, -0.15) is 0 Å². The van der Waals surface area contributed by atoms with Crippen LogP contribution < -0.4 is 9.62 Å². The third-order valence-electron chi connectivity index (χ3n) is 7.00. The number of rotatable bonds is 12. The number of hydrogen-bond donors (Lipinski definition) is 1. The van der Waals surface area contributed by atoms with Crippen LogP contribution in [-0.2, 0) is 26.2 Å². The molecule has 1 unspecified atom stereocenters. The number of sulfonamides is 1. The van der Waals surface area contributed by atoms with E-state index >= 15 is 0 Å². The summed E-state index contributed by atoms with van der Waals surface area (Å²) in [4.78, 5) is 28.6. The van der Waals surface area contributed by atoms with E-state index in [9.17, 15) is 18.0 Å². The van der Waals surface area contributed by atoms with Gasteiger partial charge < -0.3 is 10.2 Å². The number of anilines is 1. The highest BCUT2D eigenvalue weighted by atomic mass is 35.5. The molecular weight excluding hydrogens is 546 g/mol. The van der Waals surface area contributed by atoms with Gasteiger partial charge in [-0.1, -0.05) is 66.9 Å². The molecule has 0 aliphatic carbocycles. The predicted molar refractivity (Wildman–Crippen MR) is 161 cm³/mol. The van der Waals surface area contributed by atoms with Gasteiger partial charge in [-0.15, -0.1) is 0 Å². The monoisotopic (exact) mass is 583 g/mol. The van der Waals surface area contributed by atoms with Crippen LogP contribution in [0.15, 0.2) is 71.6 Å². The van der Waals surface area contributed by atoms with Gasteiger partial charge >= 0.3 is 0 Å². The van der Waals surface area contributed by atoms with Crippen molar-refractivity contribution in [3.8, 4) is 0 Å². The number of nitrogens with zero attached hydrogens (tertiary/aromatic N) is 2. The summed E-state index contributed by atoms with van der Waals surface area (Å²) in [6, 6.07) is 18.1. The smallest absolute Gasteiger partial charge is 0.264 e. The minimum atomic E-state index is -4.11. The molecular formula is C31H38ClN3O4S. The maximum atomic E-state index is 14.0. The van der Waals surface area contributed by atoms with Gasteiger partial charge in [0.15, 0.2) is 0 Å². The van der Waals surface area contributed by atoms with Crippen molar-refractivity contribution < 1.29 is 18.0 Å². The molecule has 3 aromatic carbocycles. The fraction of sp³-hybridized carbons (Fsp3) is 0.355. The lowest BCUT2D eigenvalue weighted by Crippen LogP contribution is -2.51. The molecule has 214 valence electrons.